The number of epoxide rings is 1. The van der Waals surface area contributed by atoms with Crippen molar-refractivity contribution in [3.63, 3.8) is 0 Å². The molecule has 1 aliphatic heterocycles. The van der Waals surface area contributed by atoms with Crippen LogP contribution in [0.25, 0.3) is 0 Å². The van der Waals surface area contributed by atoms with E-state index in [-0.39, 0.29) is 5.82 Å². The lowest BCUT2D eigenvalue weighted by atomic mass is 10.1. The standard InChI is InChI=1S/C19H27FO5/c1-2-22-18(21)25-19(15-24-19)13-7-5-3-4-6-8-14-23-17-11-9-16(20)10-12-17/h9-12H,2-8,13-15H2,1H3. The smallest absolute Gasteiger partial charge is 0.494 e. The molecular weight excluding hydrogens is 327 g/mol. The molecule has 0 saturated carbocycles. The minimum Gasteiger partial charge on any atom is -0.494 e. The molecule has 0 amide bonds. The van der Waals surface area contributed by atoms with Gasteiger partial charge >= 0.3 is 6.16 Å². The third-order valence-electron chi connectivity index (χ3n) is 4.03. The third-order valence-corrected chi connectivity index (χ3v) is 4.03. The molecule has 0 aliphatic carbocycles. The van der Waals surface area contributed by atoms with E-state index >= 15 is 0 Å². The topological polar surface area (TPSA) is 57.3 Å². The molecule has 25 heavy (non-hydrogen) atoms. The quantitative estimate of drug-likeness (QED) is 0.305. The first-order valence-electron chi connectivity index (χ1n) is 9.02. The number of unbranched alkanes of at least 4 members (excludes halogenated alkanes) is 5. The Morgan fingerprint density at radius 3 is 2.40 bits per heavy atom. The molecule has 1 aromatic carbocycles. The number of carbonyl (C=O) groups is 1. The van der Waals surface area contributed by atoms with Crippen LogP contribution in [-0.2, 0) is 14.2 Å². The summed E-state index contributed by atoms with van der Waals surface area (Å²) in [4.78, 5) is 11.3. The summed E-state index contributed by atoms with van der Waals surface area (Å²) in [7, 11) is 0. The SMILES string of the molecule is CCOC(=O)OC1(CCCCCCCCOc2ccc(F)cc2)CO1. The minimum atomic E-state index is -0.727. The molecule has 1 saturated heterocycles. The summed E-state index contributed by atoms with van der Waals surface area (Å²) in [5.74, 6) is -0.272. The Morgan fingerprint density at radius 1 is 1.12 bits per heavy atom. The summed E-state index contributed by atoms with van der Waals surface area (Å²) in [5, 5.41) is 0. The summed E-state index contributed by atoms with van der Waals surface area (Å²) >= 11 is 0. The summed E-state index contributed by atoms with van der Waals surface area (Å²) in [6.45, 7) is 3.16. The number of hydrogen-bond acceptors (Lipinski definition) is 5. The number of carbonyl (C=O) groups excluding carboxylic acids is 1. The Morgan fingerprint density at radius 2 is 1.76 bits per heavy atom. The van der Waals surface area contributed by atoms with Gasteiger partial charge in [0, 0.05) is 6.42 Å². The van der Waals surface area contributed by atoms with Crippen LogP contribution in [0.5, 0.6) is 5.75 Å². The number of halogens is 1. The molecule has 1 aliphatic rings. The van der Waals surface area contributed by atoms with Crippen molar-refractivity contribution in [2.24, 2.45) is 0 Å². The van der Waals surface area contributed by atoms with Crippen molar-refractivity contribution in [2.75, 3.05) is 19.8 Å². The zero-order chi connectivity index (χ0) is 18.0. The highest BCUT2D eigenvalue weighted by atomic mass is 19.1. The van der Waals surface area contributed by atoms with Gasteiger partial charge in [-0.05, 0) is 44.0 Å². The minimum absolute atomic E-state index is 0.251. The lowest BCUT2D eigenvalue weighted by molar-refractivity contribution is -0.0381. The van der Waals surface area contributed by atoms with Gasteiger partial charge in [-0.2, -0.15) is 0 Å². The molecule has 0 radical (unpaired) electrons. The van der Waals surface area contributed by atoms with Crippen molar-refractivity contribution in [2.45, 2.75) is 57.7 Å². The van der Waals surface area contributed by atoms with Crippen LogP contribution in [0.2, 0.25) is 0 Å². The highest BCUT2D eigenvalue weighted by Crippen LogP contribution is 2.34. The number of ether oxygens (including phenoxy) is 4. The Balaban J connectivity index is 1.42. The van der Waals surface area contributed by atoms with E-state index in [0.29, 0.717) is 25.6 Å². The average Bonchev–Trinajstić information content (AvgIpc) is 3.34. The van der Waals surface area contributed by atoms with Gasteiger partial charge in [0.15, 0.2) is 0 Å². The van der Waals surface area contributed by atoms with Crippen LogP contribution in [0.15, 0.2) is 24.3 Å². The van der Waals surface area contributed by atoms with Crippen LogP contribution in [0.3, 0.4) is 0 Å². The lowest BCUT2D eigenvalue weighted by Crippen LogP contribution is -2.22. The summed E-state index contributed by atoms with van der Waals surface area (Å²) in [6.07, 6.45) is 6.46. The van der Waals surface area contributed by atoms with Gasteiger partial charge in [-0.25, -0.2) is 9.18 Å². The molecule has 5 nitrogen and oxygen atoms in total. The van der Waals surface area contributed by atoms with Gasteiger partial charge in [-0.1, -0.05) is 25.7 Å². The summed E-state index contributed by atoms with van der Waals surface area (Å²) in [5.41, 5.74) is 0. The monoisotopic (exact) mass is 354 g/mol. The molecule has 6 heteroatoms. The molecule has 1 unspecified atom stereocenters. The fourth-order valence-electron chi connectivity index (χ4n) is 2.56. The van der Waals surface area contributed by atoms with Gasteiger partial charge in [0.1, 0.15) is 18.2 Å². The molecule has 1 atom stereocenters. The van der Waals surface area contributed by atoms with Crippen LogP contribution in [0.1, 0.15) is 51.9 Å². The van der Waals surface area contributed by atoms with E-state index in [4.69, 9.17) is 18.9 Å². The second-order valence-corrected chi connectivity index (χ2v) is 6.16. The Kier molecular flexibility index (Phi) is 7.98. The van der Waals surface area contributed by atoms with Gasteiger partial charge in [0.2, 0.25) is 5.79 Å². The van der Waals surface area contributed by atoms with E-state index in [1.165, 1.54) is 12.1 Å². The van der Waals surface area contributed by atoms with Crippen molar-refractivity contribution in [1.82, 2.24) is 0 Å². The molecule has 1 heterocycles. The van der Waals surface area contributed by atoms with Crippen molar-refractivity contribution in [1.29, 1.82) is 0 Å². The first kappa shape index (κ1) is 19.5. The maximum atomic E-state index is 12.8. The molecule has 1 aromatic rings. The van der Waals surface area contributed by atoms with E-state index < -0.39 is 11.9 Å². The van der Waals surface area contributed by atoms with Gasteiger partial charge in [0.05, 0.1) is 13.2 Å². The van der Waals surface area contributed by atoms with Crippen molar-refractivity contribution in [3.05, 3.63) is 30.1 Å². The number of rotatable bonds is 12. The predicted octanol–water partition coefficient (Wildman–Crippen LogP) is 4.83. The van der Waals surface area contributed by atoms with Crippen LogP contribution in [-0.4, -0.2) is 31.8 Å². The molecule has 140 valence electrons. The molecule has 0 aromatic heterocycles. The number of hydrogen-bond donors (Lipinski definition) is 0. The lowest BCUT2D eigenvalue weighted by Gasteiger charge is -2.12. The maximum absolute atomic E-state index is 12.8. The van der Waals surface area contributed by atoms with E-state index in [9.17, 15) is 9.18 Å². The first-order valence-corrected chi connectivity index (χ1v) is 9.02. The fraction of sp³-hybridized carbons (Fsp3) is 0.632. The molecule has 1 fully saturated rings. The second kappa shape index (κ2) is 10.2. The average molecular weight is 354 g/mol. The largest absolute Gasteiger partial charge is 0.510 e. The van der Waals surface area contributed by atoms with Gasteiger partial charge in [-0.15, -0.1) is 0 Å². The van der Waals surface area contributed by atoms with Gasteiger partial charge in [-0.3, -0.25) is 0 Å². The maximum Gasteiger partial charge on any atom is 0.510 e. The normalized spacial score (nSPS) is 18.6. The molecule has 0 spiro atoms. The van der Waals surface area contributed by atoms with Crippen LogP contribution >= 0.6 is 0 Å². The van der Waals surface area contributed by atoms with Gasteiger partial charge in [0.25, 0.3) is 0 Å². The zero-order valence-electron chi connectivity index (χ0n) is 14.8. The van der Waals surface area contributed by atoms with Crippen LogP contribution in [0.4, 0.5) is 9.18 Å². The third kappa shape index (κ3) is 7.73. The predicted molar refractivity (Wildman–Crippen MR) is 91.0 cm³/mol. The second-order valence-electron chi connectivity index (χ2n) is 6.16. The van der Waals surface area contributed by atoms with Crippen LogP contribution in [0, 0.1) is 5.82 Å². The highest BCUT2D eigenvalue weighted by molar-refractivity contribution is 5.60. The van der Waals surface area contributed by atoms with Crippen molar-refractivity contribution in [3.8, 4) is 5.75 Å². The van der Waals surface area contributed by atoms with Gasteiger partial charge < -0.3 is 18.9 Å². The van der Waals surface area contributed by atoms with Crippen LogP contribution < -0.4 is 4.74 Å². The fourth-order valence-corrected chi connectivity index (χ4v) is 2.56. The molecule has 2 rings (SSSR count). The Hall–Kier alpha value is -1.82. The van der Waals surface area contributed by atoms with E-state index in [2.05, 4.69) is 0 Å². The van der Waals surface area contributed by atoms with E-state index in [1.807, 2.05) is 0 Å². The van der Waals surface area contributed by atoms with Crippen molar-refractivity contribution < 1.29 is 28.1 Å². The Labute approximate surface area is 148 Å². The number of benzene rings is 1. The van der Waals surface area contributed by atoms with E-state index in [1.54, 1.807) is 19.1 Å². The molecule has 0 N–H and O–H groups in total. The highest BCUT2D eigenvalue weighted by Gasteiger charge is 2.49. The zero-order valence-corrected chi connectivity index (χ0v) is 14.8. The van der Waals surface area contributed by atoms with E-state index in [0.717, 1.165) is 44.9 Å². The summed E-state index contributed by atoms with van der Waals surface area (Å²) in [6, 6.07) is 6.08. The molecular formula is C19H27FO5. The summed E-state index contributed by atoms with van der Waals surface area (Å²) < 4.78 is 33.5. The first-order chi connectivity index (χ1) is 12.1. The Bertz CT molecular complexity index is 513. The van der Waals surface area contributed by atoms with Crippen molar-refractivity contribution >= 4 is 6.16 Å². The molecule has 0 bridgehead atoms.